The van der Waals surface area contributed by atoms with Crippen molar-refractivity contribution in [1.29, 1.82) is 5.26 Å². The molecule has 0 radical (unpaired) electrons. The Hall–Kier alpha value is -3.69. The van der Waals surface area contributed by atoms with E-state index in [9.17, 15) is 22.8 Å². The predicted molar refractivity (Wildman–Crippen MR) is 125 cm³/mol. The first-order chi connectivity index (χ1) is 17.7. The summed E-state index contributed by atoms with van der Waals surface area (Å²) in [7, 11) is 0. The van der Waals surface area contributed by atoms with Crippen molar-refractivity contribution in [3.05, 3.63) is 74.2 Å². The highest BCUT2D eigenvalue weighted by atomic mass is 35.5. The third kappa shape index (κ3) is 4.60. The van der Waals surface area contributed by atoms with Gasteiger partial charge in [-0.2, -0.15) is 28.2 Å². The summed E-state index contributed by atoms with van der Waals surface area (Å²) in [6.07, 6.45) is -0.0605. The number of imidazole rings is 1. The Morgan fingerprint density at radius 1 is 1.22 bits per heavy atom. The number of hydrogen-bond donors (Lipinski definition) is 0. The van der Waals surface area contributed by atoms with E-state index in [4.69, 9.17) is 21.6 Å². The number of aromatic nitrogens is 4. The molecule has 4 heterocycles. The minimum absolute atomic E-state index is 0.000978. The number of rotatable bonds is 4. The minimum Gasteiger partial charge on any atom is -0.360 e. The minimum atomic E-state index is -4.81. The van der Waals surface area contributed by atoms with E-state index in [-0.39, 0.29) is 29.4 Å². The molecule has 1 fully saturated rings. The average molecular weight is 533 g/mol. The molecule has 9 nitrogen and oxygen atoms in total. The van der Waals surface area contributed by atoms with Crippen molar-refractivity contribution >= 4 is 23.1 Å². The van der Waals surface area contributed by atoms with Crippen LogP contribution in [0.3, 0.4) is 0 Å². The number of alkyl halides is 3. The van der Waals surface area contributed by atoms with Gasteiger partial charge in [-0.1, -0.05) is 11.6 Å². The number of carbonyl (C=O) groups is 1. The van der Waals surface area contributed by atoms with Crippen LogP contribution < -0.4 is 10.5 Å². The van der Waals surface area contributed by atoms with Crippen molar-refractivity contribution < 1.29 is 22.7 Å². The van der Waals surface area contributed by atoms with Crippen LogP contribution in [-0.2, 0) is 24.0 Å². The van der Waals surface area contributed by atoms with Gasteiger partial charge in [0.15, 0.2) is 6.23 Å². The molecule has 37 heavy (non-hydrogen) atoms. The number of nitrogens with zero attached hydrogens (tertiary/aromatic N) is 6. The van der Waals surface area contributed by atoms with Crippen LogP contribution in [0.1, 0.15) is 58.5 Å². The van der Waals surface area contributed by atoms with Gasteiger partial charge in [0.25, 0.3) is 5.56 Å². The monoisotopic (exact) mass is 532 g/mol. The lowest BCUT2D eigenvalue weighted by Gasteiger charge is -2.31. The van der Waals surface area contributed by atoms with Crippen LogP contribution in [0.5, 0.6) is 0 Å². The summed E-state index contributed by atoms with van der Waals surface area (Å²) in [5.74, 6) is -0.425. The van der Waals surface area contributed by atoms with Gasteiger partial charge in [-0.25, -0.2) is 4.98 Å². The van der Waals surface area contributed by atoms with Crippen LogP contribution in [0.25, 0.3) is 0 Å². The highest BCUT2D eigenvalue weighted by molar-refractivity contribution is 6.33. The van der Waals surface area contributed by atoms with Crippen molar-refractivity contribution in [2.75, 3.05) is 18.1 Å². The van der Waals surface area contributed by atoms with Crippen molar-refractivity contribution in [2.24, 2.45) is 0 Å². The number of hydrogen-bond acceptors (Lipinski definition) is 7. The van der Waals surface area contributed by atoms with Gasteiger partial charge >= 0.3 is 6.18 Å². The molecule has 0 aliphatic carbocycles. The summed E-state index contributed by atoms with van der Waals surface area (Å²) < 4.78 is 49.3. The second kappa shape index (κ2) is 9.64. The summed E-state index contributed by atoms with van der Waals surface area (Å²) in [6.45, 7) is 1.24. The molecule has 2 aliphatic heterocycles. The molecule has 5 rings (SSSR count). The number of benzene rings is 1. The van der Waals surface area contributed by atoms with E-state index >= 15 is 0 Å². The van der Waals surface area contributed by atoms with Crippen molar-refractivity contribution in [2.45, 2.75) is 44.8 Å². The van der Waals surface area contributed by atoms with E-state index in [1.54, 1.807) is 15.5 Å². The lowest BCUT2D eigenvalue weighted by atomic mass is 9.99. The molecule has 0 bridgehead atoms. The van der Waals surface area contributed by atoms with Gasteiger partial charge in [0, 0.05) is 25.3 Å². The third-order valence-corrected chi connectivity index (χ3v) is 6.84. The lowest BCUT2D eigenvalue weighted by molar-refractivity contribution is -0.137. The predicted octanol–water partition coefficient (Wildman–Crippen LogP) is 3.93. The van der Waals surface area contributed by atoms with Gasteiger partial charge in [-0.15, -0.1) is 0 Å². The largest absolute Gasteiger partial charge is 0.417 e. The fourth-order valence-corrected chi connectivity index (χ4v) is 4.86. The van der Waals surface area contributed by atoms with E-state index in [1.165, 1.54) is 23.1 Å². The van der Waals surface area contributed by atoms with Gasteiger partial charge in [0.1, 0.15) is 16.5 Å². The molecule has 0 amide bonds. The van der Waals surface area contributed by atoms with Crippen LogP contribution in [0, 0.1) is 11.3 Å². The molecule has 3 aromatic rings. The van der Waals surface area contributed by atoms with E-state index in [0.29, 0.717) is 37.2 Å². The molecule has 1 saturated heterocycles. The Labute approximate surface area is 213 Å². The summed E-state index contributed by atoms with van der Waals surface area (Å²) in [4.78, 5) is 32.0. The Bertz CT molecular complexity index is 1470. The fourth-order valence-electron chi connectivity index (χ4n) is 4.61. The lowest BCUT2D eigenvalue weighted by Crippen LogP contribution is -2.37. The van der Waals surface area contributed by atoms with Crippen molar-refractivity contribution in [3.8, 4) is 6.07 Å². The smallest absolute Gasteiger partial charge is 0.360 e. The summed E-state index contributed by atoms with van der Waals surface area (Å²) in [5.41, 5.74) is -2.01. The first-order valence-electron chi connectivity index (χ1n) is 11.5. The summed E-state index contributed by atoms with van der Waals surface area (Å²) in [5, 5.41) is 13.2. The van der Waals surface area contributed by atoms with Crippen LogP contribution >= 0.6 is 11.6 Å². The SMILES string of the molecule is N#Cc1ccc(C(=O)c2cnc3n2CCN(c2cnn(C4CCCCO4)c(=O)c2Cl)C3)c(C(F)(F)F)c1. The maximum absolute atomic E-state index is 13.6. The molecule has 0 saturated carbocycles. The van der Waals surface area contributed by atoms with E-state index in [2.05, 4.69) is 10.1 Å². The van der Waals surface area contributed by atoms with Crippen LogP contribution in [0.15, 0.2) is 35.4 Å². The maximum Gasteiger partial charge on any atom is 0.417 e. The molecule has 0 spiro atoms. The second-order valence-corrected chi connectivity index (χ2v) is 9.12. The molecule has 0 N–H and O–H groups in total. The van der Waals surface area contributed by atoms with Crippen LogP contribution in [-0.4, -0.2) is 38.3 Å². The highest BCUT2D eigenvalue weighted by Gasteiger charge is 2.37. The van der Waals surface area contributed by atoms with Crippen molar-refractivity contribution in [1.82, 2.24) is 19.3 Å². The number of ketones is 1. The van der Waals surface area contributed by atoms with Crippen LogP contribution in [0.4, 0.5) is 18.9 Å². The zero-order valence-corrected chi connectivity index (χ0v) is 20.1. The first kappa shape index (κ1) is 25.0. The van der Waals surface area contributed by atoms with Crippen LogP contribution in [0.2, 0.25) is 5.02 Å². The van der Waals surface area contributed by atoms with Gasteiger partial charge in [-0.3, -0.25) is 9.59 Å². The molecular formula is C24H20ClF3N6O3. The standard InChI is InChI=1S/C24H20ClF3N6O3/c25-21-17(12-31-34(23(21)36)20-3-1-2-8-37-20)32-6-7-33-18(11-30-19(33)13-32)22(35)15-5-4-14(10-29)9-16(15)24(26,27)28/h4-5,9,11-12,20H,1-3,6-8,13H2. The van der Waals surface area contributed by atoms with Gasteiger partial charge in [0.2, 0.25) is 5.78 Å². The zero-order valence-electron chi connectivity index (χ0n) is 19.3. The fraction of sp³-hybridized carbons (Fsp3) is 0.375. The molecule has 1 atom stereocenters. The molecule has 2 aliphatic rings. The molecule has 1 unspecified atom stereocenters. The van der Waals surface area contributed by atoms with Crippen molar-refractivity contribution in [3.63, 3.8) is 0 Å². The summed E-state index contributed by atoms with van der Waals surface area (Å²) >= 11 is 6.42. The molecule has 13 heteroatoms. The van der Waals surface area contributed by atoms with E-state index in [1.807, 2.05) is 0 Å². The first-order valence-corrected chi connectivity index (χ1v) is 11.9. The number of halogens is 4. The number of ether oxygens (including phenoxy) is 1. The zero-order chi connectivity index (χ0) is 26.3. The number of fused-ring (bicyclic) bond motifs is 1. The summed E-state index contributed by atoms with van der Waals surface area (Å²) in [6, 6.07) is 4.51. The normalized spacial score (nSPS) is 17.8. The number of nitriles is 1. The maximum atomic E-state index is 13.6. The Balaban J connectivity index is 1.42. The third-order valence-electron chi connectivity index (χ3n) is 6.49. The van der Waals surface area contributed by atoms with Gasteiger partial charge in [-0.05, 0) is 37.5 Å². The molecule has 1 aromatic carbocycles. The number of anilines is 1. The topological polar surface area (TPSA) is 106 Å². The quantitative estimate of drug-likeness (QED) is 0.469. The molecule has 2 aromatic heterocycles. The molecule has 192 valence electrons. The van der Waals surface area contributed by atoms with E-state index in [0.717, 1.165) is 18.9 Å². The second-order valence-electron chi connectivity index (χ2n) is 8.75. The Kier molecular flexibility index (Phi) is 6.51. The number of carbonyl (C=O) groups excluding carboxylic acids is 1. The molecular weight excluding hydrogens is 513 g/mol. The van der Waals surface area contributed by atoms with E-state index < -0.39 is 34.9 Å². The Morgan fingerprint density at radius 3 is 2.73 bits per heavy atom. The Morgan fingerprint density at radius 2 is 2.03 bits per heavy atom. The highest BCUT2D eigenvalue weighted by Crippen LogP contribution is 2.34. The van der Waals surface area contributed by atoms with Gasteiger partial charge in [0.05, 0.1) is 41.8 Å². The van der Waals surface area contributed by atoms with Gasteiger partial charge < -0.3 is 14.2 Å². The average Bonchev–Trinajstić information content (AvgIpc) is 3.32.